The van der Waals surface area contributed by atoms with Gasteiger partial charge in [0.1, 0.15) is 0 Å². The predicted octanol–water partition coefficient (Wildman–Crippen LogP) is 2.65. The van der Waals surface area contributed by atoms with E-state index in [4.69, 9.17) is 4.74 Å². The molecule has 0 spiro atoms. The summed E-state index contributed by atoms with van der Waals surface area (Å²) in [5.74, 6) is 0.0873. The van der Waals surface area contributed by atoms with Gasteiger partial charge in [-0.3, -0.25) is 4.79 Å². The van der Waals surface area contributed by atoms with Crippen molar-refractivity contribution in [3.05, 3.63) is 29.8 Å². The number of nitrogens with one attached hydrogen (secondary N) is 1. The molecule has 1 heterocycles. The van der Waals surface area contributed by atoms with Gasteiger partial charge in [-0.05, 0) is 37.0 Å². The first-order valence-electron chi connectivity index (χ1n) is 7.30. The summed E-state index contributed by atoms with van der Waals surface area (Å²) in [6.45, 7) is 3.96. The minimum absolute atomic E-state index is 0.0873. The van der Waals surface area contributed by atoms with E-state index in [1.54, 1.807) is 11.8 Å². The molecule has 1 unspecified atom stereocenters. The second-order valence-electron chi connectivity index (χ2n) is 5.46. The van der Waals surface area contributed by atoms with Crippen LogP contribution < -0.4 is 5.32 Å². The van der Waals surface area contributed by atoms with Crippen molar-refractivity contribution in [3.8, 4) is 0 Å². The number of ether oxygens (including phenoxy) is 1. The smallest absolute Gasteiger partial charge is 0.219 e. The Morgan fingerprint density at radius 1 is 1.40 bits per heavy atom. The molecule has 0 bridgehead atoms. The van der Waals surface area contributed by atoms with Gasteiger partial charge in [0, 0.05) is 45.5 Å². The molecule has 0 radical (unpaired) electrons. The third-order valence-corrected chi connectivity index (χ3v) is 3.71. The van der Waals surface area contributed by atoms with Crippen molar-refractivity contribution in [1.82, 2.24) is 4.90 Å². The number of hydrogen-bond donors (Lipinski definition) is 1. The molecule has 1 aliphatic rings. The van der Waals surface area contributed by atoms with Crippen molar-refractivity contribution in [3.63, 3.8) is 0 Å². The largest absolute Gasteiger partial charge is 0.382 e. The highest BCUT2D eigenvalue weighted by molar-refractivity contribution is 5.72. The summed E-state index contributed by atoms with van der Waals surface area (Å²) in [6, 6.07) is 8.80. The summed E-state index contributed by atoms with van der Waals surface area (Å²) in [7, 11) is 1.82. The first-order chi connectivity index (χ1) is 9.65. The molecule has 4 nitrogen and oxygen atoms in total. The number of anilines is 1. The van der Waals surface area contributed by atoms with Crippen LogP contribution >= 0.6 is 0 Å². The summed E-state index contributed by atoms with van der Waals surface area (Å²) in [6.07, 6.45) is 3.32. The minimum Gasteiger partial charge on any atom is -0.382 e. The molecule has 2 rings (SSSR count). The van der Waals surface area contributed by atoms with Crippen LogP contribution in [0.2, 0.25) is 0 Å². The lowest BCUT2D eigenvalue weighted by molar-refractivity contribution is -0.128. The zero-order valence-corrected chi connectivity index (χ0v) is 12.4. The number of benzene rings is 1. The van der Waals surface area contributed by atoms with Crippen LogP contribution in [0.25, 0.3) is 0 Å². The Morgan fingerprint density at radius 3 is 3.05 bits per heavy atom. The fourth-order valence-electron chi connectivity index (χ4n) is 2.43. The lowest BCUT2D eigenvalue weighted by Crippen LogP contribution is -2.23. The van der Waals surface area contributed by atoms with Crippen LogP contribution in [0.4, 0.5) is 5.69 Å². The predicted molar refractivity (Wildman–Crippen MR) is 80.7 cm³/mol. The lowest BCUT2D eigenvalue weighted by Gasteiger charge is -2.19. The molecule has 1 atom stereocenters. The van der Waals surface area contributed by atoms with E-state index in [1.807, 2.05) is 13.1 Å². The van der Waals surface area contributed by atoms with Gasteiger partial charge in [0.25, 0.3) is 0 Å². The van der Waals surface area contributed by atoms with Crippen LogP contribution in [-0.4, -0.2) is 37.1 Å². The standard InChI is InChI=1S/C16H24N2O2/c1-13(19)18(2)12-14-5-3-6-16(11-14)17-15-7-4-9-20-10-8-15/h3,5-6,11,15,17H,4,7-10,12H2,1-2H3. The van der Waals surface area contributed by atoms with Gasteiger partial charge in [-0.15, -0.1) is 0 Å². The van der Waals surface area contributed by atoms with Crippen molar-refractivity contribution in [2.24, 2.45) is 0 Å². The average Bonchev–Trinajstić information content (AvgIpc) is 2.67. The number of nitrogens with zero attached hydrogens (tertiary/aromatic N) is 1. The van der Waals surface area contributed by atoms with Crippen LogP contribution in [0, 0.1) is 0 Å². The van der Waals surface area contributed by atoms with Gasteiger partial charge in [0.05, 0.1) is 0 Å². The van der Waals surface area contributed by atoms with Crippen LogP contribution in [-0.2, 0) is 16.1 Å². The number of rotatable bonds is 4. The molecular weight excluding hydrogens is 252 g/mol. The molecule has 20 heavy (non-hydrogen) atoms. The monoisotopic (exact) mass is 276 g/mol. The molecular formula is C16H24N2O2. The number of carbonyl (C=O) groups is 1. The van der Waals surface area contributed by atoms with Crippen LogP contribution in [0.3, 0.4) is 0 Å². The van der Waals surface area contributed by atoms with Crippen LogP contribution in [0.1, 0.15) is 31.7 Å². The molecule has 1 aliphatic heterocycles. The fourth-order valence-corrected chi connectivity index (χ4v) is 2.43. The molecule has 1 amide bonds. The highest BCUT2D eigenvalue weighted by atomic mass is 16.5. The quantitative estimate of drug-likeness (QED) is 0.919. The Morgan fingerprint density at radius 2 is 2.25 bits per heavy atom. The molecule has 1 N–H and O–H groups in total. The fraction of sp³-hybridized carbons (Fsp3) is 0.562. The van der Waals surface area contributed by atoms with Crippen molar-refractivity contribution >= 4 is 11.6 Å². The summed E-state index contributed by atoms with van der Waals surface area (Å²) in [5, 5.41) is 3.58. The Kier molecular flexibility index (Phi) is 5.41. The Balaban J connectivity index is 1.96. The summed E-state index contributed by atoms with van der Waals surface area (Å²) in [5.41, 5.74) is 2.28. The molecule has 1 aromatic carbocycles. The summed E-state index contributed by atoms with van der Waals surface area (Å²) in [4.78, 5) is 13.0. The second kappa shape index (κ2) is 7.29. The van der Waals surface area contributed by atoms with E-state index in [-0.39, 0.29) is 5.91 Å². The van der Waals surface area contributed by atoms with Gasteiger partial charge >= 0.3 is 0 Å². The van der Waals surface area contributed by atoms with E-state index in [9.17, 15) is 4.79 Å². The first kappa shape index (κ1) is 14.9. The van der Waals surface area contributed by atoms with Gasteiger partial charge in [-0.1, -0.05) is 12.1 Å². The van der Waals surface area contributed by atoms with E-state index in [0.717, 1.165) is 43.7 Å². The van der Waals surface area contributed by atoms with Crippen molar-refractivity contribution < 1.29 is 9.53 Å². The van der Waals surface area contributed by atoms with Crippen LogP contribution in [0.15, 0.2) is 24.3 Å². The van der Waals surface area contributed by atoms with Gasteiger partial charge in [0.15, 0.2) is 0 Å². The minimum atomic E-state index is 0.0873. The molecule has 0 saturated carbocycles. The van der Waals surface area contributed by atoms with Crippen molar-refractivity contribution in [2.45, 2.75) is 38.8 Å². The second-order valence-corrected chi connectivity index (χ2v) is 5.46. The number of amides is 1. The third-order valence-electron chi connectivity index (χ3n) is 3.71. The molecule has 0 aromatic heterocycles. The van der Waals surface area contributed by atoms with E-state index in [1.165, 1.54) is 0 Å². The van der Waals surface area contributed by atoms with Gasteiger partial charge in [0.2, 0.25) is 5.91 Å². The Labute approximate surface area is 121 Å². The number of carbonyl (C=O) groups excluding carboxylic acids is 1. The topological polar surface area (TPSA) is 41.6 Å². The highest BCUT2D eigenvalue weighted by Gasteiger charge is 2.12. The lowest BCUT2D eigenvalue weighted by atomic mass is 10.1. The normalized spacial score (nSPS) is 19.2. The van der Waals surface area contributed by atoms with E-state index in [0.29, 0.717) is 12.6 Å². The Bertz CT molecular complexity index is 440. The molecule has 4 heteroatoms. The van der Waals surface area contributed by atoms with Crippen molar-refractivity contribution in [1.29, 1.82) is 0 Å². The van der Waals surface area contributed by atoms with E-state index < -0.39 is 0 Å². The number of hydrogen-bond acceptors (Lipinski definition) is 3. The first-order valence-corrected chi connectivity index (χ1v) is 7.30. The van der Waals surface area contributed by atoms with E-state index in [2.05, 4.69) is 23.5 Å². The summed E-state index contributed by atoms with van der Waals surface area (Å²) >= 11 is 0. The van der Waals surface area contributed by atoms with Crippen molar-refractivity contribution in [2.75, 3.05) is 25.6 Å². The SMILES string of the molecule is CC(=O)N(C)Cc1cccc(NC2CCCOCC2)c1. The highest BCUT2D eigenvalue weighted by Crippen LogP contribution is 2.17. The van der Waals surface area contributed by atoms with Gasteiger partial charge in [-0.25, -0.2) is 0 Å². The molecule has 0 aliphatic carbocycles. The zero-order chi connectivity index (χ0) is 14.4. The van der Waals surface area contributed by atoms with E-state index >= 15 is 0 Å². The maximum Gasteiger partial charge on any atom is 0.219 e. The summed E-state index contributed by atoms with van der Waals surface area (Å²) < 4.78 is 5.48. The average molecular weight is 276 g/mol. The van der Waals surface area contributed by atoms with Gasteiger partial charge in [-0.2, -0.15) is 0 Å². The zero-order valence-electron chi connectivity index (χ0n) is 12.4. The maximum atomic E-state index is 11.3. The van der Waals surface area contributed by atoms with Gasteiger partial charge < -0.3 is 15.0 Å². The maximum absolute atomic E-state index is 11.3. The molecule has 1 saturated heterocycles. The molecule has 110 valence electrons. The third kappa shape index (κ3) is 4.53. The molecule has 1 aromatic rings. The van der Waals surface area contributed by atoms with Crippen LogP contribution in [0.5, 0.6) is 0 Å². The Hall–Kier alpha value is -1.55. The molecule has 1 fully saturated rings.